The van der Waals surface area contributed by atoms with Crippen LogP contribution in [0.15, 0.2) is 30.3 Å². The van der Waals surface area contributed by atoms with Gasteiger partial charge in [-0.25, -0.2) is 0 Å². The van der Waals surface area contributed by atoms with E-state index in [4.69, 9.17) is 28.4 Å². The van der Waals surface area contributed by atoms with Crippen molar-refractivity contribution in [3.63, 3.8) is 0 Å². The zero-order valence-corrected chi connectivity index (χ0v) is 18.9. The molecule has 1 aromatic rings. The summed E-state index contributed by atoms with van der Waals surface area (Å²) in [6.45, 7) is 9.39. The highest BCUT2D eigenvalue weighted by atomic mass is 16.7. The third kappa shape index (κ3) is 9.57. The van der Waals surface area contributed by atoms with E-state index in [0.717, 1.165) is 12.0 Å². The van der Waals surface area contributed by atoms with Crippen molar-refractivity contribution < 1.29 is 28.4 Å². The Bertz CT molecular complexity index is 665. The van der Waals surface area contributed by atoms with Crippen LogP contribution in [0.4, 0.5) is 0 Å². The molecule has 1 heterocycles. The Labute approximate surface area is 181 Å². The molecule has 0 unspecified atom stereocenters. The van der Waals surface area contributed by atoms with Gasteiger partial charge in [-0.05, 0) is 33.3 Å². The lowest BCUT2D eigenvalue weighted by Crippen LogP contribution is -2.43. The van der Waals surface area contributed by atoms with Crippen molar-refractivity contribution in [1.29, 1.82) is 0 Å². The molecule has 0 aliphatic carbocycles. The maximum absolute atomic E-state index is 5.90. The maximum Gasteiger partial charge on any atom is 0.164 e. The second kappa shape index (κ2) is 12.4. The third-order valence-electron chi connectivity index (χ3n) is 4.76. The van der Waals surface area contributed by atoms with Crippen molar-refractivity contribution in [2.45, 2.75) is 77.2 Å². The number of benzene rings is 1. The number of ether oxygens (including phenoxy) is 6. The van der Waals surface area contributed by atoms with Crippen LogP contribution in [0.1, 0.15) is 52.5 Å². The van der Waals surface area contributed by atoms with Crippen LogP contribution in [0, 0.1) is 11.8 Å². The summed E-state index contributed by atoms with van der Waals surface area (Å²) in [4.78, 5) is 0. The number of methoxy groups -OCH3 is 1. The second-order valence-electron chi connectivity index (χ2n) is 8.28. The highest BCUT2D eigenvalue weighted by molar-refractivity contribution is 5.13. The van der Waals surface area contributed by atoms with E-state index in [1.54, 1.807) is 7.11 Å². The van der Waals surface area contributed by atoms with Crippen molar-refractivity contribution in [1.82, 2.24) is 0 Å². The monoisotopic (exact) mass is 420 g/mol. The van der Waals surface area contributed by atoms with E-state index < -0.39 is 11.4 Å². The van der Waals surface area contributed by atoms with Crippen LogP contribution in [0.25, 0.3) is 0 Å². The lowest BCUT2D eigenvalue weighted by Gasteiger charge is -2.37. The first-order valence-electron chi connectivity index (χ1n) is 10.5. The van der Waals surface area contributed by atoms with Crippen LogP contribution in [0.2, 0.25) is 0 Å². The summed E-state index contributed by atoms with van der Waals surface area (Å²) in [7, 11) is 1.61. The van der Waals surface area contributed by atoms with E-state index in [1.807, 2.05) is 58.0 Å². The smallest absolute Gasteiger partial charge is 0.164 e. The average molecular weight is 421 g/mol. The molecule has 0 amide bonds. The van der Waals surface area contributed by atoms with Gasteiger partial charge in [0.25, 0.3) is 0 Å². The summed E-state index contributed by atoms with van der Waals surface area (Å²) in [6, 6.07) is 10.0. The number of rotatable bonds is 11. The Morgan fingerprint density at radius 3 is 2.60 bits per heavy atom. The van der Waals surface area contributed by atoms with Gasteiger partial charge in [0.15, 0.2) is 5.79 Å². The lowest BCUT2D eigenvalue weighted by molar-refractivity contribution is -0.284. The van der Waals surface area contributed by atoms with Gasteiger partial charge in [0.05, 0.1) is 24.9 Å². The molecule has 0 radical (unpaired) electrons. The fraction of sp³-hybridized carbons (Fsp3) is 0.667. The van der Waals surface area contributed by atoms with E-state index in [2.05, 4.69) is 11.8 Å². The number of hydrogen-bond acceptors (Lipinski definition) is 6. The summed E-state index contributed by atoms with van der Waals surface area (Å²) < 4.78 is 33.8. The Hall–Kier alpha value is -1.46. The van der Waals surface area contributed by atoms with Crippen LogP contribution in [0.3, 0.4) is 0 Å². The molecular formula is C24H36O6. The summed E-state index contributed by atoms with van der Waals surface area (Å²) in [5.74, 6) is 5.86. The second-order valence-corrected chi connectivity index (χ2v) is 8.28. The molecule has 0 aromatic heterocycles. The molecule has 30 heavy (non-hydrogen) atoms. The highest BCUT2D eigenvalue weighted by Crippen LogP contribution is 2.26. The van der Waals surface area contributed by atoms with Gasteiger partial charge in [0.1, 0.15) is 19.7 Å². The van der Waals surface area contributed by atoms with Crippen LogP contribution < -0.4 is 0 Å². The molecule has 0 saturated carbocycles. The topological polar surface area (TPSA) is 55.4 Å². The highest BCUT2D eigenvalue weighted by Gasteiger charge is 2.32. The molecule has 0 N–H and O–H groups in total. The first-order chi connectivity index (χ1) is 14.3. The van der Waals surface area contributed by atoms with Crippen molar-refractivity contribution in [2.24, 2.45) is 0 Å². The van der Waals surface area contributed by atoms with E-state index in [0.29, 0.717) is 26.1 Å². The molecule has 6 heteroatoms. The maximum atomic E-state index is 5.90. The zero-order valence-electron chi connectivity index (χ0n) is 18.9. The van der Waals surface area contributed by atoms with Crippen LogP contribution in [0.5, 0.6) is 0 Å². The molecule has 1 fully saturated rings. The third-order valence-corrected chi connectivity index (χ3v) is 4.76. The summed E-state index contributed by atoms with van der Waals surface area (Å²) in [5.41, 5.74) is 0.645. The summed E-state index contributed by atoms with van der Waals surface area (Å²) in [6.07, 6.45) is 1.97. The van der Waals surface area contributed by atoms with Crippen LogP contribution in [-0.2, 0) is 35.0 Å². The molecular weight excluding hydrogens is 384 g/mol. The average Bonchev–Trinajstić information content (AvgIpc) is 2.68. The predicted molar refractivity (Wildman–Crippen MR) is 115 cm³/mol. The lowest BCUT2D eigenvalue weighted by atomic mass is 9.98. The van der Waals surface area contributed by atoms with Gasteiger partial charge in [-0.1, -0.05) is 42.2 Å². The predicted octanol–water partition coefficient (Wildman–Crippen LogP) is 4.27. The van der Waals surface area contributed by atoms with Crippen LogP contribution in [-0.4, -0.2) is 50.9 Å². The SMILES string of the molecule is COCO[C@@](C)(CC#C[C@H]1C[C@H](C)OC(C)(C)O1)CCOCOCc1ccccc1. The molecule has 1 aromatic carbocycles. The van der Waals surface area contributed by atoms with E-state index in [9.17, 15) is 0 Å². The zero-order chi connectivity index (χ0) is 21.9. The van der Waals surface area contributed by atoms with E-state index >= 15 is 0 Å². The molecule has 2 rings (SSSR count). The van der Waals surface area contributed by atoms with Crippen molar-refractivity contribution in [3.8, 4) is 11.8 Å². The molecule has 1 aliphatic rings. The number of hydrogen-bond donors (Lipinski definition) is 0. The molecule has 1 aliphatic heterocycles. The minimum atomic E-state index is -0.611. The molecule has 6 nitrogen and oxygen atoms in total. The van der Waals surface area contributed by atoms with Gasteiger partial charge >= 0.3 is 0 Å². The Morgan fingerprint density at radius 1 is 1.13 bits per heavy atom. The summed E-state index contributed by atoms with van der Waals surface area (Å²) in [5, 5.41) is 0. The van der Waals surface area contributed by atoms with Crippen molar-refractivity contribution in [3.05, 3.63) is 35.9 Å². The van der Waals surface area contributed by atoms with Gasteiger partial charge in [-0.3, -0.25) is 0 Å². The fourth-order valence-corrected chi connectivity index (χ4v) is 3.25. The van der Waals surface area contributed by atoms with Crippen molar-refractivity contribution >= 4 is 0 Å². The van der Waals surface area contributed by atoms with E-state index in [-0.39, 0.29) is 25.8 Å². The van der Waals surface area contributed by atoms with Crippen LogP contribution >= 0.6 is 0 Å². The normalized spacial score (nSPS) is 22.7. The standard InChI is InChI=1S/C24H36O6/c1-20-16-22(30-23(2,3)29-20)12-9-13-24(4,28-18-25-5)14-15-26-19-27-17-21-10-7-6-8-11-21/h6-8,10-11,20,22H,13-19H2,1-5H3/t20-,22-,24-/m0/s1. The minimum Gasteiger partial charge on any atom is -0.359 e. The molecule has 1 saturated heterocycles. The Kier molecular flexibility index (Phi) is 10.3. The quantitative estimate of drug-likeness (QED) is 0.303. The minimum absolute atomic E-state index is 0.119. The molecule has 0 bridgehead atoms. The van der Waals surface area contributed by atoms with Gasteiger partial charge in [-0.2, -0.15) is 0 Å². The van der Waals surface area contributed by atoms with Gasteiger partial charge in [0, 0.05) is 26.4 Å². The molecule has 168 valence electrons. The van der Waals surface area contributed by atoms with Gasteiger partial charge in [0.2, 0.25) is 0 Å². The fourth-order valence-electron chi connectivity index (χ4n) is 3.25. The Balaban J connectivity index is 1.76. The van der Waals surface area contributed by atoms with E-state index in [1.165, 1.54) is 0 Å². The largest absolute Gasteiger partial charge is 0.359 e. The van der Waals surface area contributed by atoms with Gasteiger partial charge < -0.3 is 28.4 Å². The molecule has 3 atom stereocenters. The first-order valence-corrected chi connectivity index (χ1v) is 10.5. The van der Waals surface area contributed by atoms with Crippen molar-refractivity contribution in [2.75, 3.05) is 27.3 Å². The first kappa shape index (κ1) is 24.8. The van der Waals surface area contributed by atoms with Gasteiger partial charge in [-0.15, -0.1) is 0 Å². The summed E-state index contributed by atoms with van der Waals surface area (Å²) >= 11 is 0. The molecule has 0 spiro atoms. The Morgan fingerprint density at radius 2 is 1.90 bits per heavy atom.